The van der Waals surface area contributed by atoms with E-state index >= 15 is 0 Å². The van der Waals surface area contributed by atoms with Crippen molar-refractivity contribution in [3.05, 3.63) is 35.5 Å². The quantitative estimate of drug-likeness (QED) is 0.848. The third-order valence-electron chi connectivity index (χ3n) is 2.66. The van der Waals surface area contributed by atoms with E-state index in [1.165, 1.54) is 11.3 Å². The molecule has 0 aliphatic rings. The molecule has 5 nitrogen and oxygen atoms in total. The van der Waals surface area contributed by atoms with Gasteiger partial charge < -0.3 is 10.4 Å². The summed E-state index contributed by atoms with van der Waals surface area (Å²) < 4.78 is 0. The number of hydrogen-bond acceptors (Lipinski definition) is 5. The summed E-state index contributed by atoms with van der Waals surface area (Å²) in [5.41, 5.74) is 1.56. The molecule has 1 amide bonds. The van der Waals surface area contributed by atoms with Crippen molar-refractivity contribution in [2.24, 2.45) is 0 Å². The Morgan fingerprint density at radius 3 is 3.05 bits per heavy atom. The predicted molar refractivity (Wildman–Crippen MR) is 78.4 cm³/mol. The zero-order valence-corrected chi connectivity index (χ0v) is 12.1. The van der Waals surface area contributed by atoms with E-state index in [1.54, 1.807) is 13.1 Å². The van der Waals surface area contributed by atoms with Crippen molar-refractivity contribution in [3.63, 3.8) is 0 Å². The molecule has 2 N–H and O–H groups in total. The molecule has 0 radical (unpaired) electrons. The molecule has 20 heavy (non-hydrogen) atoms. The lowest BCUT2D eigenvalue weighted by atomic mass is 10.2. The van der Waals surface area contributed by atoms with Crippen LogP contribution in [0.3, 0.4) is 0 Å². The zero-order chi connectivity index (χ0) is 14.4. The molecule has 2 heterocycles. The van der Waals surface area contributed by atoms with Crippen molar-refractivity contribution in [2.75, 3.05) is 6.54 Å². The van der Waals surface area contributed by atoms with Gasteiger partial charge in [-0.15, -0.1) is 11.3 Å². The van der Waals surface area contributed by atoms with Gasteiger partial charge in [-0.1, -0.05) is 6.07 Å². The summed E-state index contributed by atoms with van der Waals surface area (Å²) in [5, 5.41) is 14.6. The molecule has 1 atom stereocenters. The van der Waals surface area contributed by atoms with Crippen molar-refractivity contribution in [2.45, 2.75) is 25.9 Å². The number of amides is 1. The first-order valence-electron chi connectivity index (χ1n) is 6.45. The van der Waals surface area contributed by atoms with Crippen LogP contribution in [0, 0.1) is 0 Å². The number of aliphatic hydroxyl groups is 1. The van der Waals surface area contributed by atoms with E-state index in [1.807, 2.05) is 23.6 Å². The average molecular weight is 291 g/mol. The highest BCUT2D eigenvalue weighted by atomic mass is 32.1. The van der Waals surface area contributed by atoms with E-state index in [4.69, 9.17) is 5.11 Å². The smallest absolute Gasteiger partial charge is 0.226 e. The van der Waals surface area contributed by atoms with Gasteiger partial charge in [0.25, 0.3) is 0 Å². The number of rotatable bonds is 6. The highest BCUT2D eigenvalue weighted by Crippen LogP contribution is 2.21. The van der Waals surface area contributed by atoms with E-state index in [0.717, 1.165) is 16.4 Å². The van der Waals surface area contributed by atoms with Crippen LogP contribution in [0.5, 0.6) is 0 Å². The molecule has 0 aliphatic carbocycles. The van der Waals surface area contributed by atoms with Crippen LogP contribution >= 0.6 is 11.3 Å². The molecule has 0 saturated carbocycles. The van der Waals surface area contributed by atoms with Crippen molar-refractivity contribution >= 4 is 17.2 Å². The standard InChI is InChI=1S/C14H17N3O2S/c1-10(18)5-7-16-13(19)8-11-9-20-14(17-11)12-4-2-3-6-15-12/h2-4,6,9-10,18H,5,7-8H2,1H3,(H,16,19). The number of aliphatic hydroxyl groups excluding tert-OH is 1. The lowest BCUT2D eigenvalue weighted by molar-refractivity contribution is -0.120. The third kappa shape index (κ3) is 4.40. The summed E-state index contributed by atoms with van der Waals surface area (Å²) in [6, 6.07) is 5.66. The van der Waals surface area contributed by atoms with Crippen LogP contribution in [-0.2, 0) is 11.2 Å². The van der Waals surface area contributed by atoms with Gasteiger partial charge in [0.2, 0.25) is 5.91 Å². The third-order valence-corrected chi connectivity index (χ3v) is 3.58. The molecule has 6 heteroatoms. The summed E-state index contributed by atoms with van der Waals surface area (Å²) in [4.78, 5) is 20.3. The molecule has 106 valence electrons. The first-order chi connectivity index (χ1) is 9.65. The number of nitrogens with one attached hydrogen (secondary N) is 1. The molecule has 2 aromatic rings. The maximum Gasteiger partial charge on any atom is 0.226 e. The molecular weight excluding hydrogens is 274 g/mol. The Morgan fingerprint density at radius 2 is 2.35 bits per heavy atom. The second-order valence-corrected chi connectivity index (χ2v) is 5.38. The fraction of sp³-hybridized carbons (Fsp3) is 0.357. The van der Waals surface area contributed by atoms with Gasteiger partial charge in [-0.05, 0) is 25.5 Å². The van der Waals surface area contributed by atoms with Gasteiger partial charge in [-0.25, -0.2) is 4.98 Å². The number of thiazole rings is 1. The molecule has 0 saturated heterocycles. The minimum Gasteiger partial charge on any atom is -0.393 e. The summed E-state index contributed by atoms with van der Waals surface area (Å²) in [6.07, 6.45) is 2.13. The van der Waals surface area contributed by atoms with Crippen LogP contribution in [0.2, 0.25) is 0 Å². The first-order valence-corrected chi connectivity index (χ1v) is 7.33. The molecule has 2 aromatic heterocycles. The number of carbonyl (C=O) groups is 1. The van der Waals surface area contributed by atoms with E-state index in [9.17, 15) is 4.79 Å². The summed E-state index contributed by atoms with van der Waals surface area (Å²) in [6.45, 7) is 2.18. The molecule has 0 bridgehead atoms. The Bertz CT molecular complexity index is 555. The molecule has 2 rings (SSSR count). The van der Waals surface area contributed by atoms with Crippen LogP contribution < -0.4 is 5.32 Å². The highest BCUT2D eigenvalue weighted by molar-refractivity contribution is 7.13. The van der Waals surface area contributed by atoms with Gasteiger partial charge in [-0.3, -0.25) is 9.78 Å². The number of nitrogens with zero attached hydrogens (tertiary/aromatic N) is 2. The number of aromatic nitrogens is 2. The average Bonchev–Trinajstić information content (AvgIpc) is 2.88. The summed E-state index contributed by atoms with van der Waals surface area (Å²) >= 11 is 1.48. The first kappa shape index (κ1) is 14.6. The van der Waals surface area contributed by atoms with Crippen molar-refractivity contribution in [1.29, 1.82) is 0 Å². The van der Waals surface area contributed by atoms with Crippen LogP contribution in [-0.4, -0.2) is 33.6 Å². The second-order valence-electron chi connectivity index (χ2n) is 4.52. The lowest BCUT2D eigenvalue weighted by Gasteiger charge is -2.05. The Kier molecular flexibility index (Phi) is 5.20. The lowest BCUT2D eigenvalue weighted by Crippen LogP contribution is -2.27. The Balaban J connectivity index is 1.88. The normalized spacial score (nSPS) is 12.1. The topological polar surface area (TPSA) is 75.1 Å². The van der Waals surface area contributed by atoms with Gasteiger partial charge in [0.05, 0.1) is 23.9 Å². The fourth-order valence-corrected chi connectivity index (χ4v) is 2.44. The Labute approximate surface area is 121 Å². The Hall–Kier alpha value is -1.79. The van der Waals surface area contributed by atoms with Gasteiger partial charge in [0, 0.05) is 18.1 Å². The minimum atomic E-state index is -0.398. The molecule has 0 spiro atoms. The summed E-state index contributed by atoms with van der Waals surface area (Å²) in [7, 11) is 0. The van der Waals surface area contributed by atoms with E-state index < -0.39 is 6.10 Å². The molecule has 0 aliphatic heterocycles. The predicted octanol–water partition coefficient (Wildman–Crippen LogP) is 1.63. The molecule has 0 aromatic carbocycles. The van der Waals surface area contributed by atoms with Crippen LogP contribution in [0.25, 0.3) is 10.7 Å². The SMILES string of the molecule is CC(O)CCNC(=O)Cc1csc(-c2ccccn2)n1. The largest absolute Gasteiger partial charge is 0.393 e. The summed E-state index contributed by atoms with van der Waals surface area (Å²) in [5.74, 6) is -0.0801. The van der Waals surface area contributed by atoms with Gasteiger partial charge in [0.1, 0.15) is 5.01 Å². The van der Waals surface area contributed by atoms with Crippen molar-refractivity contribution < 1.29 is 9.90 Å². The van der Waals surface area contributed by atoms with Crippen LogP contribution in [0.4, 0.5) is 0 Å². The maximum atomic E-state index is 11.7. The molecule has 0 fully saturated rings. The number of hydrogen-bond donors (Lipinski definition) is 2. The van der Waals surface area contributed by atoms with Gasteiger partial charge in [-0.2, -0.15) is 0 Å². The number of pyridine rings is 1. The number of carbonyl (C=O) groups excluding carboxylic acids is 1. The van der Waals surface area contributed by atoms with Crippen LogP contribution in [0.15, 0.2) is 29.8 Å². The second kappa shape index (κ2) is 7.12. The maximum absolute atomic E-state index is 11.7. The zero-order valence-electron chi connectivity index (χ0n) is 11.2. The molecule has 1 unspecified atom stereocenters. The van der Waals surface area contributed by atoms with Crippen molar-refractivity contribution in [1.82, 2.24) is 15.3 Å². The monoisotopic (exact) mass is 291 g/mol. The van der Waals surface area contributed by atoms with E-state index in [-0.39, 0.29) is 12.3 Å². The fourth-order valence-electron chi connectivity index (χ4n) is 1.64. The molecular formula is C14H17N3O2S. The van der Waals surface area contributed by atoms with E-state index in [2.05, 4.69) is 15.3 Å². The van der Waals surface area contributed by atoms with Crippen LogP contribution in [0.1, 0.15) is 19.0 Å². The highest BCUT2D eigenvalue weighted by Gasteiger charge is 2.09. The van der Waals surface area contributed by atoms with E-state index in [0.29, 0.717) is 13.0 Å². The minimum absolute atomic E-state index is 0.0801. The Morgan fingerprint density at radius 1 is 1.50 bits per heavy atom. The van der Waals surface area contributed by atoms with Gasteiger partial charge in [0.15, 0.2) is 0 Å². The van der Waals surface area contributed by atoms with Gasteiger partial charge >= 0.3 is 0 Å². The van der Waals surface area contributed by atoms with Crippen molar-refractivity contribution in [3.8, 4) is 10.7 Å².